The van der Waals surface area contributed by atoms with Gasteiger partial charge in [0, 0.05) is 17.3 Å². The summed E-state index contributed by atoms with van der Waals surface area (Å²) in [5.74, 6) is -0.997. The lowest BCUT2D eigenvalue weighted by molar-refractivity contribution is -0.137. The third-order valence-electron chi connectivity index (χ3n) is 4.23. The predicted octanol–water partition coefficient (Wildman–Crippen LogP) is 3.97. The number of fused-ring (bicyclic) bond motifs is 1. The Bertz CT molecular complexity index is 1350. The highest BCUT2D eigenvalue weighted by Crippen LogP contribution is 2.30. The van der Waals surface area contributed by atoms with Crippen molar-refractivity contribution in [2.75, 3.05) is 11.1 Å². The molecule has 0 saturated carbocycles. The van der Waals surface area contributed by atoms with E-state index in [1.54, 1.807) is 0 Å². The standard InChI is InChI=1S/C20H13F4N5O2S/c21-13-6-4-11(5-7-13)18-26-15-9-16(30)28-29(15)19(27-18)32-10-17(31)25-14-3-1-2-12(8-14)20(22,23)24/h1-9H,10H2,(H,25,31)(H,28,30). The lowest BCUT2D eigenvalue weighted by atomic mass is 10.2. The molecule has 0 atom stereocenters. The highest BCUT2D eigenvalue weighted by molar-refractivity contribution is 7.99. The molecule has 4 aromatic rings. The molecule has 0 aliphatic rings. The summed E-state index contributed by atoms with van der Waals surface area (Å²) in [6.45, 7) is 0. The largest absolute Gasteiger partial charge is 0.416 e. The second kappa shape index (κ2) is 8.46. The van der Waals surface area contributed by atoms with Crippen LogP contribution in [0.3, 0.4) is 0 Å². The summed E-state index contributed by atoms with van der Waals surface area (Å²) in [7, 11) is 0. The number of alkyl halides is 3. The molecule has 0 bridgehead atoms. The molecule has 0 spiro atoms. The van der Waals surface area contributed by atoms with E-state index in [9.17, 15) is 27.2 Å². The first kappa shape index (κ1) is 21.6. The Morgan fingerprint density at radius 1 is 1.09 bits per heavy atom. The number of nitrogens with one attached hydrogen (secondary N) is 2. The zero-order valence-electron chi connectivity index (χ0n) is 16.0. The molecule has 12 heteroatoms. The number of thioether (sulfide) groups is 1. The molecule has 2 aromatic heterocycles. The maximum Gasteiger partial charge on any atom is 0.416 e. The van der Waals surface area contributed by atoms with Crippen LogP contribution in [-0.2, 0) is 11.0 Å². The monoisotopic (exact) mass is 463 g/mol. The molecular formula is C20H13F4N5O2S. The smallest absolute Gasteiger partial charge is 0.325 e. The van der Waals surface area contributed by atoms with Crippen LogP contribution in [0.25, 0.3) is 17.0 Å². The molecule has 164 valence electrons. The zero-order chi connectivity index (χ0) is 22.9. The number of amides is 1. The van der Waals surface area contributed by atoms with Gasteiger partial charge in [0.1, 0.15) is 5.82 Å². The lowest BCUT2D eigenvalue weighted by Crippen LogP contribution is -2.16. The van der Waals surface area contributed by atoms with Gasteiger partial charge < -0.3 is 5.32 Å². The summed E-state index contributed by atoms with van der Waals surface area (Å²) in [6, 6.07) is 10.9. The molecule has 0 saturated heterocycles. The van der Waals surface area contributed by atoms with Crippen molar-refractivity contribution in [1.29, 1.82) is 0 Å². The Hall–Kier alpha value is -3.67. The van der Waals surface area contributed by atoms with Crippen LogP contribution in [0.4, 0.5) is 23.2 Å². The summed E-state index contributed by atoms with van der Waals surface area (Å²) in [4.78, 5) is 32.6. The van der Waals surface area contributed by atoms with E-state index in [0.717, 1.165) is 23.9 Å². The van der Waals surface area contributed by atoms with E-state index in [1.165, 1.54) is 47.0 Å². The summed E-state index contributed by atoms with van der Waals surface area (Å²) >= 11 is 0.946. The number of hydrogen-bond donors (Lipinski definition) is 2. The number of carbonyl (C=O) groups excluding carboxylic acids is 1. The quantitative estimate of drug-likeness (QED) is 0.345. The Morgan fingerprint density at radius 3 is 2.56 bits per heavy atom. The highest BCUT2D eigenvalue weighted by Gasteiger charge is 2.30. The number of H-pyrrole nitrogens is 1. The molecule has 32 heavy (non-hydrogen) atoms. The van der Waals surface area contributed by atoms with Crippen molar-refractivity contribution in [3.63, 3.8) is 0 Å². The number of rotatable bonds is 5. The van der Waals surface area contributed by atoms with Gasteiger partial charge in [-0.25, -0.2) is 18.9 Å². The van der Waals surface area contributed by atoms with E-state index in [-0.39, 0.29) is 28.1 Å². The molecule has 4 rings (SSSR count). The van der Waals surface area contributed by atoms with E-state index >= 15 is 0 Å². The normalized spacial score (nSPS) is 11.6. The maximum absolute atomic E-state index is 13.2. The molecule has 0 radical (unpaired) electrons. The van der Waals surface area contributed by atoms with Crippen molar-refractivity contribution < 1.29 is 22.4 Å². The number of benzene rings is 2. The Kier molecular flexibility index (Phi) is 5.70. The van der Waals surface area contributed by atoms with Crippen LogP contribution in [0.1, 0.15) is 5.56 Å². The molecule has 0 unspecified atom stereocenters. The van der Waals surface area contributed by atoms with Crippen molar-refractivity contribution >= 4 is 29.0 Å². The molecular weight excluding hydrogens is 450 g/mol. The number of anilines is 1. The number of nitrogens with zero attached hydrogens (tertiary/aromatic N) is 3. The molecule has 2 aromatic carbocycles. The summed E-state index contributed by atoms with van der Waals surface area (Å²) < 4.78 is 53.0. The van der Waals surface area contributed by atoms with Crippen molar-refractivity contribution in [3.05, 3.63) is 76.3 Å². The lowest BCUT2D eigenvalue weighted by Gasteiger charge is -2.10. The second-order valence-corrected chi connectivity index (χ2v) is 7.51. The van der Waals surface area contributed by atoms with Gasteiger partial charge >= 0.3 is 6.18 Å². The predicted molar refractivity (Wildman–Crippen MR) is 110 cm³/mol. The SMILES string of the molecule is O=C(CSc1nc(-c2ccc(F)cc2)nc2cc(=O)[nH]n12)Nc1cccc(C(F)(F)F)c1. The number of hydrogen-bond acceptors (Lipinski definition) is 5. The average Bonchev–Trinajstić information content (AvgIpc) is 3.12. The number of carbonyl (C=O) groups is 1. The third-order valence-corrected chi connectivity index (χ3v) is 5.17. The third kappa shape index (κ3) is 4.80. The molecule has 2 N–H and O–H groups in total. The van der Waals surface area contributed by atoms with Crippen molar-refractivity contribution in [1.82, 2.24) is 19.6 Å². The van der Waals surface area contributed by atoms with Crippen LogP contribution in [0, 0.1) is 5.82 Å². The van der Waals surface area contributed by atoms with Gasteiger partial charge in [0.15, 0.2) is 16.6 Å². The summed E-state index contributed by atoms with van der Waals surface area (Å²) in [5.41, 5.74) is -0.581. The number of aromatic amines is 1. The summed E-state index contributed by atoms with van der Waals surface area (Å²) in [5, 5.41) is 5.13. The fourth-order valence-corrected chi connectivity index (χ4v) is 3.56. The van der Waals surface area contributed by atoms with Crippen molar-refractivity contribution in [2.45, 2.75) is 11.3 Å². The van der Waals surface area contributed by atoms with Gasteiger partial charge in [0.25, 0.3) is 5.56 Å². The Balaban J connectivity index is 1.55. The average molecular weight is 463 g/mol. The van der Waals surface area contributed by atoms with E-state index in [1.807, 2.05) is 0 Å². The van der Waals surface area contributed by atoms with Crippen LogP contribution in [0.5, 0.6) is 0 Å². The fourth-order valence-electron chi connectivity index (χ4n) is 2.81. The molecule has 7 nitrogen and oxygen atoms in total. The molecule has 0 aliphatic heterocycles. The van der Waals surface area contributed by atoms with Gasteiger partial charge in [-0.1, -0.05) is 17.8 Å². The van der Waals surface area contributed by atoms with E-state index in [0.29, 0.717) is 5.56 Å². The van der Waals surface area contributed by atoms with Crippen LogP contribution < -0.4 is 10.9 Å². The topological polar surface area (TPSA) is 92.2 Å². The first-order chi connectivity index (χ1) is 15.2. The van der Waals surface area contributed by atoms with E-state index < -0.39 is 29.0 Å². The number of halogens is 4. The van der Waals surface area contributed by atoms with E-state index in [4.69, 9.17) is 0 Å². The van der Waals surface area contributed by atoms with Crippen molar-refractivity contribution in [3.8, 4) is 11.4 Å². The van der Waals surface area contributed by atoms with Crippen LogP contribution in [0.2, 0.25) is 0 Å². The van der Waals surface area contributed by atoms with Crippen LogP contribution in [0.15, 0.2) is 64.5 Å². The van der Waals surface area contributed by atoms with Gasteiger partial charge in [0.05, 0.1) is 11.3 Å². The fraction of sp³-hybridized carbons (Fsp3) is 0.100. The minimum absolute atomic E-state index is 0.000341. The minimum Gasteiger partial charge on any atom is -0.325 e. The Morgan fingerprint density at radius 2 is 1.84 bits per heavy atom. The molecule has 2 heterocycles. The first-order valence-corrected chi connectivity index (χ1v) is 10.0. The van der Waals surface area contributed by atoms with Gasteiger partial charge in [-0.3, -0.25) is 14.7 Å². The molecule has 0 aliphatic carbocycles. The first-order valence-electron chi connectivity index (χ1n) is 9.05. The molecule has 0 fully saturated rings. The van der Waals surface area contributed by atoms with Gasteiger partial charge in [-0.2, -0.15) is 13.2 Å². The maximum atomic E-state index is 13.2. The summed E-state index contributed by atoms with van der Waals surface area (Å²) in [6.07, 6.45) is -4.53. The van der Waals surface area contributed by atoms with Gasteiger partial charge in [-0.05, 0) is 42.5 Å². The van der Waals surface area contributed by atoms with Crippen LogP contribution >= 0.6 is 11.8 Å². The molecule has 1 amide bonds. The van der Waals surface area contributed by atoms with Gasteiger partial charge in [-0.15, -0.1) is 0 Å². The van der Waals surface area contributed by atoms with Gasteiger partial charge in [0.2, 0.25) is 5.91 Å². The highest BCUT2D eigenvalue weighted by atomic mass is 32.2. The zero-order valence-corrected chi connectivity index (χ0v) is 16.8. The van der Waals surface area contributed by atoms with Crippen molar-refractivity contribution in [2.24, 2.45) is 0 Å². The Labute approximate surface area is 181 Å². The van der Waals surface area contributed by atoms with Crippen LogP contribution in [-0.4, -0.2) is 31.2 Å². The second-order valence-electron chi connectivity index (χ2n) is 6.57. The number of aromatic nitrogens is 4. The minimum atomic E-state index is -4.53. The van der Waals surface area contributed by atoms with E-state index in [2.05, 4.69) is 20.4 Å².